The van der Waals surface area contributed by atoms with Gasteiger partial charge in [-0.25, -0.2) is 4.98 Å². The van der Waals surface area contributed by atoms with Crippen molar-refractivity contribution in [3.05, 3.63) is 83.7 Å². The van der Waals surface area contributed by atoms with E-state index in [1.165, 1.54) is 16.7 Å². The van der Waals surface area contributed by atoms with E-state index >= 15 is 0 Å². The van der Waals surface area contributed by atoms with Crippen LogP contribution in [-0.2, 0) is 20.8 Å². The van der Waals surface area contributed by atoms with E-state index in [1.54, 1.807) is 12.4 Å². The second-order valence-electron chi connectivity index (χ2n) is 10.7. The van der Waals surface area contributed by atoms with Gasteiger partial charge in [-0.15, -0.1) is 0 Å². The molecule has 216 valence electrons. The lowest BCUT2D eigenvalue weighted by Crippen LogP contribution is -2.48. The van der Waals surface area contributed by atoms with Crippen LogP contribution in [0.15, 0.2) is 67.0 Å². The lowest BCUT2D eigenvalue weighted by molar-refractivity contribution is -0.136. The molecule has 2 aromatic heterocycles. The first-order valence-electron chi connectivity index (χ1n) is 14.3. The minimum absolute atomic E-state index is 0.0199. The largest absolute Gasteiger partial charge is 0.480 e. The Hall–Kier alpha value is -3.63. The van der Waals surface area contributed by atoms with E-state index in [9.17, 15) is 4.79 Å². The summed E-state index contributed by atoms with van der Waals surface area (Å²) in [7, 11) is 0. The molecule has 41 heavy (non-hydrogen) atoms. The Kier molecular flexibility index (Phi) is 9.41. The molecule has 0 radical (unpaired) electrons. The number of carbonyl (C=O) groups is 1. The van der Waals surface area contributed by atoms with Crippen LogP contribution in [0.25, 0.3) is 16.5 Å². The zero-order valence-electron chi connectivity index (χ0n) is 23.8. The number of hydrogen-bond donors (Lipinski definition) is 3. The Bertz CT molecular complexity index is 1420. The Morgan fingerprint density at radius 2 is 2.05 bits per heavy atom. The number of aliphatic carboxylic acids is 1. The number of carboxylic acids is 1. The number of benzene rings is 1. The third kappa shape index (κ3) is 7.00. The standard InChI is InChI=1S/C32H39N5O4/c1-23-7-3-4-8-27(23)28-9-5-11-32(24(28)2,41-16-6-13-37-14-17-40-18-15-37)36-31-30-26(10-12-34-31)19-25(21-35-30)20-33-22-29(38)39/h3-5,7-12,19,21,24,33H,6,13-18,20,22H2,1-2H3,(H,34,36)(H,38,39). The second-order valence-corrected chi connectivity index (χ2v) is 10.7. The van der Waals surface area contributed by atoms with Crippen LogP contribution < -0.4 is 10.6 Å². The average molecular weight is 558 g/mol. The fraction of sp³-hybridized carbons (Fsp3) is 0.406. The molecule has 3 aromatic rings. The molecular formula is C32H39N5O4. The Morgan fingerprint density at radius 3 is 2.85 bits per heavy atom. The summed E-state index contributed by atoms with van der Waals surface area (Å²) >= 11 is 0. The molecule has 0 spiro atoms. The predicted molar refractivity (Wildman–Crippen MR) is 161 cm³/mol. The lowest BCUT2D eigenvalue weighted by atomic mass is 9.80. The molecule has 0 saturated carbocycles. The zero-order valence-corrected chi connectivity index (χ0v) is 23.8. The minimum Gasteiger partial charge on any atom is -0.480 e. The van der Waals surface area contributed by atoms with Gasteiger partial charge in [-0.1, -0.05) is 43.3 Å². The summed E-state index contributed by atoms with van der Waals surface area (Å²) in [6.45, 7) is 9.68. The van der Waals surface area contributed by atoms with Crippen LogP contribution in [0, 0.1) is 12.8 Å². The van der Waals surface area contributed by atoms with Gasteiger partial charge in [-0.3, -0.25) is 14.7 Å². The summed E-state index contributed by atoms with van der Waals surface area (Å²) in [6.07, 6.45) is 10.8. The third-order valence-corrected chi connectivity index (χ3v) is 7.82. The van der Waals surface area contributed by atoms with Gasteiger partial charge in [0, 0.05) is 49.9 Å². The first-order chi connectivity index (χ1) is 19.9. The number of allylic oxidation sites excluding steroid dienone is 2. The second kappa shape index (κ2) is 13.4. The molecule has 1 saturated heterocycles. The highest BCUT2D eigenvalue weighted by atomic mass is 16.5. The molecule has 1 aliphatic carbocycles. The van der Waals surface area contributed by atoms with Gasteiger partial charge in [-0.2, -0.15) is 0 Å². The SMILES string of the molecule is Cc1ccccc1C1=CC=CC(Nc2nccc3cc(CNCC(=O)O)cnc23)(OCCCN2CCOCC2)C1C. The lowest BCUT2D eigenvalue weighted by Gasteiger charge is -2.41. The number of fused-ring (bicyclic) bond motifs is 1. The number of morpholine rings is 1. The Labute approximate surface area is 241 Å². The van der Waals surface area contributed by atoms with E-state index in [-0.39, 0.29) is 12.5 Å². The molecule has 2 aliphatic rings. The maximum absolute atomic E-state index is 10.9. The van der Waals surface area contributed by atoms with Crippen molar-refractivity contribution in [2.75, 3.05) is 51.3 Å². The van der Waals surface area contributed by atoms with Crippen molar-refractivity contribution in [2.45, 2.75) is 32.5 Å². The van der Waals surface area contributed by atoms with E-state index in [0.717, 1.165) is 55.7 Å². The van der Waals surface area contributed by atoms with E-state index < -0.39 is 11.7 Å². The molecule has 1 fully saturated rings. The molecule has 2 unspecified atom stereocenters. The Morgan fingerprint density at radius 1 is 1.22 bits per heavy atom. The highest BCUT2D eigenvalue weighted by molar-refractivity contribution is 5.89. The van der Waals surface area contributed by atoms with Gasteiger partial charge in [0.2, 0.25) is 0 Å². The zero-order chi connectivity index (χ0) is 28.7. The number of ether oxygens (including phenoxy) is 2. The predicted octanol–water partition coefficient (Wildman–Crippen LogP) is 4.25. The van der Waals surface area contributed by atoms with Gasteiger partial charge < -0.3 is 25.2 Å². The average Bonchev–Trinajstić information content (AvgIpc) is 2.98. The van der Waals surface area contributed by atoms with Crippen molar-refractivity contribution in [1.82, 2.24) is 20.2 Å². The van der Waals surface area contributed by atoms with Crippen LogP contribution >= 0.6 is 0 Å². The molecule has 5 rings (SSSR count). The van der Waals surface area contributed by atoms with Crippen molar-refractivity contribution in [1.29, 1.82) is 0 Å². The minimum atomic E-state index is -0.890. The van der Waals surface area contributed by atoms with Crippen molar-refractivity contribution >= 4 is 28.3 Å². The van der Waals surface area contributed by atoms with E-state index in [4.69, 9.17) is 24.5 Å². The van der Waals surface area contributed by atoms with Crippen molar-refractivity contribution < 1.29 is 19.4 Å². The van der Waals surface area contributed by atoms with Gasteiger partial charge in [0.15, 0.2) is 11.5 Å². The highest BCUT2D eigenvalue weighted by Crippen LogP contribution is 2.40. The van der Waals surface area contributed by atoms with Crippen molar-refractivity contribution in [2.24, 2.45) is 5.92 Å². The van der Waals surface area contributed by atoms with Crippen LogP contribution in [0.5, 0.6) is 0 Å². The van der Waals surface area contributed by atoms with Gasteiger partial charge in [0.25, 0.3) is 0 Å². The fourth-order valence-corrected chi connectivity index (χ4v) is 5.54. The molecule has 0 amide bonds. The Balaban J connectivity index is 1.40. The van der Waals surface area contributed by atoms with Crippen LogP contribution in [0.3, 0.4) is 0 Å². The number of aryl methyl sites for hydroxylation is 1. The highest BCUT2D eigenvalue weighted by Gasteiger charge is 2.40. The normalized spacial score (nSPS) is 21.1. The summed E-state index contributed by atoms with van der Waals surface area (Å²) in [6, 6.07) is 12.4. The van der Waals surface area contributed by atoms with Crippen LogP contribution in [0.2, 0.25) is 0 Å². The quantitative estimate of drug-likeness (QED) is 0.222. The van der Waals surface area contributed by atoms with Crippen LogP contribution in [-0.4, -0.2) is 77.7 Å². The van der Waals surface area contributed by atoms with Gasteiger partial charge in [-0.05, 0) is 53.8 Å². The summed E-state index contributed by atoms with van der Waals surface area (Å²) in [5.74, 6) is -0.268. The summed E-state index contributed by atoms with van der Waals surface area (Å²) < 4.78 is 12.3. The topological polar surface area (TPSA) is 109 Å². The van der Waals surface area contributed by atoms with Gasteiger partial charge in [0.05, 0.1) is 26.4 Å². The monoisotopic (exact) mass is 557 g/mol. The summed E-state index contributed by atoms with van der Waals surface area (Å²) in [4.78, 5) is 22.7. The van der Waals surface area contributed by atoms with Crippen molar-refractivity contribution in [3.8, 4) is 0 Å². The molecule has 3 N–H and O–H groups in total. The number of nitrogens with one attached hydrogen (secondary N) is 2. The smallest absolute Gasteiger partial charge is 0.317 e. The molecule has 3 heterocycles. The fourth-order valence-electron chi connectivity index (χ4n) is 5.54. The number of hydrogen-bond acceptors (Lipinski definition) is 8. The van der Waals surface area contributed by atoms with E-state index in [2.05, 4.69) is 71.9 Å². The molecular weight excluding hydrogens is 518 g/mol. The van der Waals surface area contributed by atoms with Gasteiger partial charge >= 0.3 is 5.97 Å². The number of carboxylic acid groups (broad SMARTS) is 1. The number of anilines is 1. The number of aromatic nitrogens is 2. The summed E-state index contributed by atoms with van der Waals surface area (Å²) in [5.41, 5.74) is 4.43. The molecule has 9 heteroatoms. The van der Waals surface area contributed by atoms with E-state index in [1.807, 2.05) is 12.1 Å². The molecule has 2 atom stereocenters. The van der Waals surface area contributed by atoms with Crippen LogP contribution in [0.1, 0.15) is 30.0 Å². The number of nitrogens with zero attached hydrogens (tertiary/aromatic N) is 3. The first-order valence-corrected chi connectivity index (χ1v) is 14.3. The maximum atomic E-state index is 10.9. The maximum Gasteiger partial charge on any atom is 0.317 e. The van der Waals surface area contributed by atoms with E-state index in [0.29, 0.717) is 19.0 Å². The molecule has 1 aliphatic heterocycles. The molecule has 0 bridgehead atoms. The van der Waals surface area contributed by atoms with Crippen molar-refractivity contribution in [3.63, 3.8) is 0 Å². The van der Waals surface area contributed by atoms with Gasteiger partial charge in [0.1, 0.15) is 5.52 Å². The molecule has 9 nitrogen and oxygen atoms in total. The number of rotatable bonds is 12. The molecule has 1 aromatic carbocycles. The summed E-state index contributed by atoms with van der Waals surface area (Å²) in [5, 5.41) is 16.4. The number of pyridine rings is 2. The van der Waals surface area contributed by atoms with Crippen LogP contribution in [0.4, 0.5) is 5.82 Å². The first kappa shape index (κ1) is 28.9. The third-order valence-electron chi connectivity index (χ3n) is 7.82.